The van der Waals surface area contributed by atoms with Crippen LogP contribution in [0.2, 0.25) is 0 Å². The number of halogens is 2. The van der Waals surface area contributed by atoms with E-state index in [1.165, 1.54) is 11.8 Å². The summed E-state index contributed by atoms with van der Waals surface area (Å²) >= 11 is 0. The molecule has 2 aromatic rings. The van der Waals surface area contributed by atoms with Crippen molar-refractivity contribution in [1.82, 2.24) is 5.32 Å². The number of hydrogen-bond acceptors (Lipinski definition) is 2. The van der Waals surface area contributed by atoms with Crippen molar-refractivity contribution in [2.24, 2.45) is 0 Å². The molecule has 0 unspecified atom stereocenters. The van der Waals surface area contributed by atoms with E-state index in [9.17, 15) is 13.6 Å². The lowest BCUT2D eigenvalue weighted by molar-refractivity contribution is -0.121. The molecule has 0 bridgehead atoms. The van der Waals surface area contributed by atoms with Crippen molar-refractivity contribution in [2.75, 3.05) is 18.0 Å². The molecule has 3 rings (SSSR count). The third-order valence-electron chi connectivity index (χ3n) is 4.61. The van der Waals surface area contributed by atoms with Crippen LogP contribution in [0, 0.1) is 11.6 Å². The molecule has 1 amide bonds. The molecule has 2 aromatic carbocycles. The number of anilines is 1. The van der Waals surface area contributed by atoms with E-state index in [0.717, 1.165) is 38.1 Å². The lowest BCUT2D eigenvalue weighted by Gasteiger charge is -2.34. The van der Waals surface area contributed by atoms with E-state index in [-0.39, 0.29) is 18.4 Å². The third-order valence-corrected chi connectivity index (χ3v) is 4.61. The van der Waals surface area contributed by atoms with Crippen molar-refractivity contribution in [3.63, 3.8) is 0 Å². The van der Waals surface area contributed by atoms with Gasteiger partial charge in [0.05, 0.1) is 0 Å². The summed E-state index contributed by atoms with van der Waals surface area (Å²) < 4.78 is 26.1. The van der Waals surface area contributed by atoms with E-state index in [2.05, 4.69) is 22.3 Å². The summed E-state index contributed by atoms with van der Waals surface area (Å²) in [5.74, 6) is -1.77. The molecule has 25 heavy (non-hydrogen) atoms. The molecule has 1 aliphatic rings. The van der Waals surface area contributed by atoms with Crippen molar-refractivity contribution in [2.45, 2.75) is 31.7 Å². The predicted molar refractivity (Wildman–Crippen MR) is 94.5 cm³/mol. The Hall–Kier alpha value is -2.43. The van der Waals surface area contributed by atoms with Gasteiger partial charge in [0, 0.05) is 31.2 Å². The maximum absolute atomic E-state index is 13.2. The zero-order chi connectivity index (χ0) is 17.6. The summed E-state index contributed by atoms with van der Waals surface area (Å²) in [4.78, 5) is 14.4. The number of rotatable bonds is 5. The monoisotopic (exact) mass is 344 g/mol. The van der Waals surface area contributed by atoms with Crippen molar-refractivity contribution in [3.8, 4) is 0 Å². The molecule has 132 valence electrons. The molecular weight excluding hydrogens is 322 g/mol. The molecule has 0 aliphatic carbocycles. The molecule has 0 atom stereocenters. The Bertz CT molecular complexity index is 713. The van der Waals surface area contributed by atoms with Crippen LogP contribution in [0.5, 0.6) is 0 Å². The maximum Gasteiger partial charge on any atom is 0.220 e. The first-order chi connectivity index (χ1) is 12.1. The number of aryl methyl sites for hydroxylation is 1. The standard InChI is InChI=1S/C20H22F2N2O/c21-18-8-6-15(14-19(18)22)7-9-20(25)23-16-10-12-24(13-11-16)17-4-2-1-3-5-17/h1-6,8,14,16H,7,9-13H2,(H,23,25). The van der Waals surface area contributed by atoms with Crippen molar-refractivity contribution in [3.05, 3.63) is 65.7 Å². The van der Waals surface area contributed by atoms with E-state index in [1.807, 2.05) is 18.2 Å². The van der Waals surface area contributed by atoms with Crippen LogP contribution in [-0.2, 0) is 11.2 Å². The van der Waals surface area contributed by atoms with E-state index in [0.29, 0.717) is 12.0 Å². The van der Waals surface area contributed by atoms with Gasteiger partial charge in [0.1, 0.15) is 0 Å². The highest BCUT2D eigenvalue weighted by atomic mass is 19.2. The van der Waals surface area contributed by atoms with Gasteiger partial charge in [-0.1, -0.05) is 24.3 Å². The van der Waals surface area contributed by atoms with Gasteiger partial charge in [-0.25, -0.2) is 8.78 Å². The highest BCUT2D eigenvalue weighted by Gasteiger charge is 2.20. The molecule has 0 radical (unpaired) electrons. The molecule has 1 N–H and O–H groups in total. The first-order valence-electron chi connectivity index (χ1n) is 8.65. The minimum absolute atomic E-state index is 0.0390. The van der Waals surface area contributed by atoms with Crippen LogP contribution in [0.15, 0.2) is 48.5 Å². The quantitative estimate of drug-likeness (QED) is 0.897. The van der Waals surface area contributed by atoms with Crippen molar-refractivity contribution < 1.29 is 13.6 Å². The van der Waals surface area contributed by atoms with Gasteiger partial charge in [0.15, 0.2) is 11.6 Å². The fourth-order valence-corrected chi connectivity index (χ4v) is 3.17. The Labute approximate surface area is 146 Å². The molecule has 1 aliphatic heterocycles. The number of nitrogens with zero attached hydrogens (tertiary/aromatic N) is 1. The summed E-state index contributed by atoms with van der Waals surface area (Å²) in [5, 5.41) is 3.05. The lowest BCUT2D eigenvalue weighted by Crippen LogP contribution is -2.44. The van der Waals surface area contributed by atoms with Crippen molar-refractivity contribution in [1.29, 1.82) is 0 Å². The van der Waals surface area contributed by atoms with Crippen LogP contribution < -0.4 is 10.2 Å². The van der Waals surface area contributed by atoms with Crippen LogP contribution in [-0.4, -0.2) is 25.0 Å². The largest absolute Gasteiger partial charge is 0.371 e. The molecule has 3 nitrogen and oxygen atoms in total. The summed E-state index contributed by atoms with van der Waals surface area (Å²) in [7, 11) is 0. The third kappa shape index (κ3) is 4.78. The zero-order valence-electron chi connectivity index (χ0n) is 14.1. The van der Waals surface area contributed by atoms with Gasteiger partial charge in [-0.2, -0.15) is 0 Å². The number of benzene rings is 2. The SMILES string of the molecule is O=C(CCc1ccc(F)c(F)c1)NC1CCN(c2ccccc2)CC1. The maximum atomic E-state index is 13.2. The molecule has 1 saturated heterocycles. The van der Waals surface area contributed by atoms with Gasteiger partial charge in [-0.15, -0.1) is 0 Å². The van der Waals surface area contributed by atoms with Gasteiger partial charge >= 0.3 is 0 Å². The summed E-state index contributed by atoms with van der Waals surface area (Å²) in [6, 6.07) is 14.2. The topological polar surface area (TPSA) is 32.3 Å². The minimum Gasteiger partial charge on any atom is -0.371 e. The number of para-hydroxylation sites is 1. The molecule has 1 heterocycles. The highest BCUT2D eigenvalue weighted by Crippen LogP contribution is 2.19. The Morgan fingerprint density at radius 2 is 1.76 bits per heavy atom. The van der Waals surface area contributed by atoms with E-state index < -0.39 is 11.6 Å². The van der Waals surface area contributed by atoms with Crippen LogP contribution in [0.1, 0.15) is 24.8 Å². The molecule has 1 fully saturated rings. The fraction of sp³-hybridized carbons (Fsp3) is 0.350. The Morgan fingerprint density at radius 3 is 2.44 bits per heavy atom. The number of carbonyl (C=O) groups is 1. The number of amides is 1. The van der Waals surface area contributed by atoms with E-state index >= 15 is 0 Å². The van der Waals surface area contributed by atoms with Crippen LogP contribution in [0.4, 0.5) is 14.5 Å². The molecule has 0 aromatic heterocycles. The number of nitrogens with one attached hydrogen (secondary N) is 1. The summed E-state index contributed by atoms with van der Waals surface area (Å²) in [6.07, 6.45) is 2.51. The van der Waals surface area contributed by atoms with Gasteiger partial charge < -0.3 is 10.2 Å². The van der Waals surface area contributed by atoms with Gasteiger partial charge in [0.25, 0.3) is 0 Å². The zero-order valence-corrected chi connectivity index (χ0v) is 14.1. The van der Waals surface area contributed by atoms with E-state index in [4.69, 9.17) is 0 Å². The highest BCUT2D eigenvalue weighted by molar-refractivity contribution is 5.76. The van der Waals surface area contributed by atoms with Crippen LogP contribution in [0.3, 0.4) is 0 Å². The summed E-state index contributed by atoms with van der Waals surface area (Å²) in [5.41, 5.74) is 1.85. The van der Waals surface area contributed by atoms with E-state index in [1.54, 1.807) is 0 Å². The summed E-state index contributed by atoms with van der Waals surface area (Å²) in [6.45, 7) is 1.83. The number of piperidine rings is 1. The second-order valence-corrected chi connectivity index (χ2v) is 6.41. The average molecular weight is 344 g/mol. The minimum atomic E-state index is -0.869. The molecule has 0 spiro atoms. The predicted octanol–water partition coefficient (Wildman–Crippen LogP) is 3.68. The van der Waals surface area contributed by atoms with Gasteiger partial charge in [-0.05, 0) is 49.1 Å². The normalized spacial score (nSPS) is 15.2. The Morgan fingerprint density at radius 1 is 1.04 bits per heavy atom. The second-order valence-electron chi connectivity index (χ2n) is 6.41. The molecule has 0 saturated carbocycles. The first-order valence-corrected chi connectivity index (χ1v) is 8.65. The number of hydrogen-bond donors (Lipinski definition) is 1. The Kier molecular flexibility index (Phi) is 5.64. The fourth-order valence-electron chi connectivity index (χ4n) is 3.17. The van der Waals surface area contributed by atoms with Gasteiger partial charge in [0.2, 0.25) is 5.91 Å². The second kappa shape index (κ2) is 8.10. The smallest absolute Gasteiger partial charge is 0.220 e. The van der Waals surface area contributed by atoms with Crippen molar-refractivity contribution >= 4 is 11.6 Å². The first kappa shape index (κ1) is 17.4. The van der Waals surface area contributed by atoms with Crippen LogP contribution >= 0.6 is 0 Å². The van der Waals surface area contributed by atoms with Gasteiger partial charge in [-0.3, -0.25) is 4.79 Å². The number of carbonyl (C=O) groups excluding carboxylic acids is 1. The molecule has 5 heteroatoms. The Balaban J connectivity index is 1.42. The lowest BCUT2D eigenvalue weighted by atomic mass is 10.0. The average Bonchev–Trinajstić information content (AvgIpc) is 2.64. The molecular formula is C20H22F2N2O. The van der Waals surface area contributed by atoms with Crippen LogP contribution in [0.25, 0.3) is 0 Å².